The summed E-state index contributed by atoms with van der Waals surface area (Å²) in [7, 11) is -5.84. The maximum absolute atomic E-state index is 10.7. The fourth-order valence-electron chi connectivity index (χ4n) is 1.97. The molecule has 8 heteroatoms. The maximum atomic E-state index is 10.7. The average Bonchev–Trinajstić information content (AvgIpc) is 2.63. The van der Waals surface area contributed by atoms with Gasteiger partial charge in [0.15, 0.2) is 0 Å². The fraction of sp³-hybridized carbons (Fsp3) is 1.00. The number of alkyl halides is 3. The lowest BCUT2D eigenvalue weighted by Gasteiger charge is -2.21. The van der Waals surface area contributed by atoms with Gasteiger partial charge in [-0.1, -0.05) is 20.3 Å². The van der Waals surface area contributed by atoms with Crippen LogP contribution in [-0.2, 0) is 10.1 Å². The highest BCUT2D eigenvalue weighted by molar-refractivity contribution is 7.86. The summed E-state index contributed by atoms with van der Waals surface area (Å²) >= 11 is 0. The van der Waals surface area contributed by atoms with Crippen molar-refractivity contribution in [2.24, 2.45) is 0 Å². The number of hydrogen-bond acceptors (Lipinski definition) is 3. The van der Waals surface area contributed by atoms with E-state index in [-0.39, 0.29) is 0 Å². The Hall–Kier alpha value is -0.340. The Morgan fingerprint density at radius 3 is 2.17 bits per heavy atom. The third-order valence-corrected chi connectivity index (χ3v) is 3.40. The molecule has 1 aliphatic rings. The summed E-state index contributed by atoms with van der Waals surface area (Å²) in [4.78, 5) is 2.61. The first-order valence-corrected chi connectivity index (χ1v) is 7.35. The summed E-state index contributed by atoms with van der Waals surface area (Å²) in [6, 6.07) is 0.926. The summed E-state index contributed by atoms with van der Waals surface area (Å²) in [5.41, 5.74) is -5.53. The SMILES string of the molecule is CCCC1CCCN1CC.O=S(=O)(O)C(F)(F)F. The van der Waals surface area contributed by atoms with Gasteiger partial charge in [-0.15, -0.1) is 0 Å². The van der Waals surface area contributed by atoms with Crippen LogP contribution in [0.25, 0.3) is 0 Å². The van der Waals surface area contributed by atoms with Crippen LogP contribution < -0.4 is 0 Å². The van der Waals surface area contributed by atoms with Crippen molar-refractivity contribution in [1.82, 2.24) is 4.90 Å². The Morgan fingerprint density at radius 2 is 1.83 bits per heavy atom. The molecule has 0 aromatic carbocycles. The summed E-state index contributed by atoms with van der Waals surface area (Å²) < 4.78 is 57.5. The highest BCUT2D eigenvalue weighted by atomic mass is 32.2. The smallest absolute Gasteiger partial charge is 0.301 e. The van der Waals surface area contributed by atoms with Crippen molar-refractivity contribution in [2.75, 3.05) is 13.1 Å². The van der Waals surface area contributed by atoms with E-state index in [9.17, 15) is 13.2 Å². The molecule has 1 unspecified atom stereocenters. The fourth-order valence-corrected chi connectivity index (χ4v) is 1.97. The zero-order valence-electron chi connectivity index (χ0n) is 10.6. The standard InChI is InChI=1S/C9H19N.CHF3O3S/c1-3-6-9-7-5-8-10(9)4-2;2-1(3,4)8(5,6)7/h9H,3-8H2,1-2H3;(H,5,6,7). The zero-order valence-corrected chi connectivity index (χ0v) is 11.4. The third-order valence-electron chi connectivity index (χ3n) is 2.82. The Morgan fingerprint density at radius 1 is 1.33 bits per heavy atom. The molecule has 0 spiro atoms. The van der Waals surface area contributed by atoms with E-state index in [1.54, 1.807) is 0 Å². The normalized spacial score (nSPS) is 21.6. The second kappa shape index (κ2) is 7.30. The molecule has 0 aromatic heterocycles. The van der Waals surface area contributed by atoms with E-state index >= 15 is 0 Å². The molecule has 1 fully saturated rings. The molecule has 1 atom stereocenters. The first kappa shape index (κ1) is 17.7. The van der Waals surface area contributed by atoms with E-state index < -0.39 is 15.6 Å². The first-order valence-electron chi connectivity index (χ1n) is 5.91. The molecule has 1 aliphatic heterocycles. The van der Waals surface area contributed by atoms with Gasteiger partial charge in [-0.25, -0.2) is 0 Å². The van der Waals surface area contributed by atoms with E-state index in [1.807, 2.05) is 0 Å². The molecular formula is C10H20F3NO3S. The van der Waals surface area contributed by atoms with Crippen LogP contribution in [0.5, 0.6) is 0 Å². The van der Waals surface area contributed by atoms with Crippen LogP contribution in [0.1, 0.15) is 39.5 Å². The molecule has 1 rings (SSSR count). The Bertz CT molecular complexity index is 330. The van der Waals surface area contributed by atoms with Crippen LogP contribution in [-0.4, -0.2) is 42.5 Å². The van der Waals surface area contributed by atoms with Crippen LogP contribution in [0.4, 0.5) is 13.2 Å². The van der Waals surface area contributed by atoms with E-state index in [0.717, 1.165) is 6.04 Å². The Labute approximate surface area is 106 Å². The molecular weight excluding hydrogens is 271 g/mol. The first-order chi connectivity index (χ1) is 8.13. The van der Waals surface area contributed by atoms with Crippen molar-refractivity contribution < 1.29 is 26.1 Å². The molecule has 1 heterocycles. The lowest BCUT2D eigenvalue weighted by Crippen LogP contribution is -2.28. The summed E-state index contributed by atoms with van der Waals surface area (Å²) in [6.45, 7) is 7.16. The third kappa shape index (κ3) is 6.01. The van der Waals surface area contributed by atoms with Crippen molar-refractivity contribution in [3.63, 3.8) is 0 Å². The maximum Gasteiger partial charge on any atom is 0.522 e. The predicted octanol–water partition coefficient (Wildman–Crippen LogP) is 2.66. The number of hydrogen-bond donors (Lipinski definition) is 1. The monoisotopic (exact) mass is 291 g/mol. The molecule has 110 valence electrons. The minimum atomic E-state index is -5.84. The number of likely N-dealkylation sites (tertiary alicyclic amines) is 1. The van der Waals surface area contributed by atoms with Gasteiger partial charge in [0.05, 0.1) is 0 Å². The summed E-state index contributed by atoms with van der Waals surface area (Å²) in [5.74, 6) is 0. The van der Waals surface area contributed by atoms with Gasteiger partial charge in [0.25, 0.3) is 0 Å². The highest BCUT2D eigenvalue weighted by Gasteiger charge is 2.44. The van der Waals surface area contributed by atoms with Gasteiger partial charge in [0, 0.05) is 6.04 Å². The van der Waals surface area contributed by atoms with Gasteiger partial charge in [-0.3, -0.25) is 4.55 Å². The topological polar surface area (TPSA) is 57.6 Å². The molecule has 0 bridgehead atoms. The second-order valence-electron chi connectivity index (χ2n) is 4.13. The van der Waals surface area contributed by atoms with Crippen LogP contribution >= 0.6 is 0 Å². The van der Waals surface area contributed by atoms with Gasteiger partial charge >= 0.3 is 15.6 Å². The molecule has 0 aromatic rings. The lowest BCUT2D eigenvalue weighted by atomic mass is 10.1. The minimum Gasteiger partial charge on any atom is -0.301 e. The largest absolute Gasteiger partial charge is 0.522 e. The van der Waals surface area contributed by atoms with Gasteiger partial charge in [0.1, 0.15) is 0 Å². The van der Waals surface area contributed by atoms with Crippen LogP contribution in [0.15, 0.2) is 0 Å². The molecule has 0 radical (unpaired) electrons. The Kier molecular flexibility index (Phi) is 7.16. The number of halogens is 3. The molecule has 1 saturated heterocycles. The summed E-state index contributed by atoms with van der Waals surface area (Å²) in [6.07, 6.45) is 5.63. The quantitative estimate of drug-likeness (QED) is 0.641. The molecule has 1 N–H and O–H groups in total. The van der Waals surface area contributed by atoms with Gasteiger partial charge in [-0.2, -0.15) is 21.6 Å². The number of nitrogens with zero attached hydrogens (tertiary/aromatic N) is 1. The summed E-state index contributed by atoms with van der Waals surface area (Å²) in [5, 5.41) is 0. The molecule has 0 saturated carbocycles. The molecule has 4 nitrogen and oxygen atoms in total. The molecule has 18 heavy (non-hydrogen) atoms. The van der Waals surface area contributed by atoms with E-state index in [1.165, 1.54) is 38.8 Å². The van der Waals surface area contributed by atoms with E-state index in [4.69, 9.17) is 13.0 Å². The lowest BCUT2D eigenvalue weighted by molar-refractivity contribution is -0.0510. The van der Waals surface area contributed by atoms with Gasteiger partial charge < -0.3 is 4.90 Å². The van der Waals surface area contributed by atoms with Crippen LogP contribution in [0.2, 0.25) is 0 Å². The van der Waals surface area contributed by atoms with Crippen molar-refractivity contribution >= 4 is 10.1 Å². The van der Waals surface area contributed by atoms with Crippen molar-refractivity contribution in [3.05, 3.63) is 0 Å². The molecule has 0 aliphatic carbocycles. The van der Waals surface area contributed by atoms with Gasteiger partial charge in [-0.05, 0) is 32.4 Å². The van der Waals surface area contributed by atoms with Gasteiger partial charge in [0.2, 0.25) is 0 Å². The predicted molar refractivity (Wildman–Crippen MR) is 62.8 cm³/mol. The van der Waals surface area contributed by atoms with Crippen molar-refractivity contribution in [2.45, 2.75) is 51.1 Å². The zero-order chi connectivity index (χ0) is 14.4. The van der Waals surface area contributed by atoms with E-state index in [0.29, 0.717) is 0 Å². The Balaban J connectivity index is 0.000000331. The second-order valence-corrected chi connectivity index (χ2v) is 5.55. The molecule has 0 amide bonds. The van der Waals surface area contributed by atoms with Crippen molar-refractivity contribution in [3.8, 4) is 0 Å². The van der Waals surface area contributed by atoms with Crippen LogP contribution in [0.3, 0.4) is 0 Å². The van der Waals surface area contributed by atoms with Crippen LogP contribution in [0, 0.1) is 0 Å². The minimum absolute atomic E-state index is 0.926. The van der Waals surface area contributed by atoms with Crippen molar-refractivity contribution in [1.29, 1.82) is 0 Å². The highest BCUT2D eigenvalue weighted by Crippen LogP contribution is 2.21. The number of rotatable bonds is 3. The average molecular weight is 291 g/mol. The van der Waals surface area contributed by atoms with E-state index in [2.05, 4.69) is 18.7 Å².